The van der Waals surface area contributed by atoms with E-state index in [2.05, 4.69) is 235 Å². The van der Waals surface area contributed by atoms with E-state index in [-0.39, 0.29) is 0 Å². The Bertz CT molecular complexity index is 4710. The molecule has 12 aromatic carbocycles. The van der Waals surface area contributed by atoms with E-state index in [0.29, 0.717) is 17.5 Å². The number of furan rings is 1. The second kappa shape index (κ2) is 16.8. The highest BCUT2D eigenvalue weighted by atomic mass is 16.3. The fourth-order valence-electron chi connectivity index (χ4n) is 11.3. The number of hydrogen-bond donors (Lipinski definition) is 0. The van der Waals surface area contributed by atoms with Crippen LogP contribution < -0.4 is 0 Å². The minimum absolute atomic E-state index is 0.571. The predicted molar refractivity (Wildman–Crippen MR) is 307 cm³/mol. The summed E-state index contributed by atoms with van der Waals surface area (Å²) in [5, 5.41) is 11.6. The summed E-state index contributed by atoms with van der Waals surface area (Å²) in [5.74, 6) is 1.73. The van der Waals surface area contributed by atoms with Gasteiger partial charge in [-0.15, -0.1) is 0 Å². The van der Waals surface area contributed by atoms with E-state index in [0.717, 1.165) is 99.5 Å². The van der Waals surface area contributed by atoms with Crippen molar-refractivity contribution >= 4 is 76.1 Å². The lowest BCUT2D eigenvalue weighted by Gasteiger charge is -2.22. The standard InChI is InChI=1S/C69H42N4O/c1-3-15-43(16-4-1)45-27-30-48(31-28-45)65-59(73-60-36-33-46-18-11-12-24-54(46)66(60)58-40-50-22-9-10-23-51(50)42-61(58)73)37-35-56(64(65)47-19-5-2-6-20-47)69-71-67(52-32-29-44-17-7-8-21-49(44)39-52)70-68(72-69)53-34-38-63-57(41-53)55-25-13-14-26-62(55)74-63/h1-42H. The van der Waals surface area contributed by atoms with Crippen molar-refractivity contribution in [1.82, 2.24) is 19.5 Å². The maximum absolute atomic E-state index is 6.30. The minimum atomic E-state index is 0.571. The normalized spacial score (nSPS) is 11.8. The van der Waals surface area contributed by atoms with E-state index in [9.17, 15) is 0 Å². The van der Waals surface area contributed by atoms with Crippen molar-refractivity contribution in [2.45, 2.75) is 0 Å². The summed E-state index contributed by atoms with van der Waals surface area (Å²) in [6, 6.07) is 90.9. The third-order valence-corrected chi connectivity index (χ3v) is 14.8. The quantitative estimate of drug-likeness (QED) is 0.160. The van der Waals surface area contributed by atoms with Gasteiger partial charge in [-0.05, 0) is 115 Å². The van der Waals surface area contributed by atoms with Gasteiger partial charge in [-0.25, -0.2) is 15.0 Å². The molecule has 0 saturated heterocycles. The number of rotatable bonds is 7. The van der Waals surface area contributed by atoms with E-state index in [1.54, 1.807) is 0 Å². The molecule has 0 aliphatic carbocycles. The number of benzene rings is 12. The van der Waals surface area contributed by atoms with Gasteiger partial charge in [0.2, 0.25) is 0 Å². The maximum Gasteiger partial charge on any atom is 0.164 e. The van der Waals surface area contributed by atoms with E-state index in [1.165, 1.54) is 32.3 Å². The molecule has 0 bridgehead atoms. The second-order valence-electron chi connectivity index (χ2n) is 19.1. The Labute approximate surface area is 425 Å². The Balaban J connectivity index is 1.05. The molecule has 74 heavy (non-hydrogen) atoms. The molecule has 0 saturated carbocycles. The Hall–Kier alpha value is -9.97. The van der Waals surface area contributed by atoms with Crippen LogP contribution >= 0.6 is 0 Å². The smallest absolute Gasteiger partial charge is 0.164 e. The Morgan fingerprint density at radius 1 is 0.284 bits per heavy atom. The molecular formula is C69H42N4O. The molecule has 0 amide bonds. The van der Waals surface area contributed by atoms with Gasteiger partial charge < -0.3 is 8.98 Å². The topological polar surface area (TPSA) is 56.7 Å². The molecule has 5 heteroatoms. The Morgan fingerprint density at radius 2 is 0.811 bits per heavy atom. The van der Waals surface area contributed by atoms with Crippen LogP contribution in [0.15, 0.2) is 259 Å². The first kappa shape index (κ1) is 41.8. The van der Waals surface area contributed by atoms with Gasteiger partial charge in [-0.3, -0.25) is 0 Å². The molecule has 15 rings (SSSR count). The predicted octanol–water partition coefficient (Wildman–Crippen LogP) is 18.3. The van der Waals surface area contributed by atoms with Crippen molar-refractivity contribution in [3.05, 3.63) is 255 Å². The van der Waals surface area contributed by atoms with Gasteiger partial charge in [0, 0.05) is 49.4 Å². The molecule has 3 heterocycles. The highest BCUT2D eigenvalue weighted by molar-refractivity contribution is 6.23. The van der Waals surface area contributed by atoms with Crippen LogP contribution in [-0.2, 0) is 0 Å². The van der Waals surface area contributed by atoms with E-state index in [4.69, 9.17) is 19.4 Å². The number of nitrogens with zero attached hydrogens (tertiary/aromatic N) is 4. The Kier molecular flexibility index (Phi) is 9.50. The molecule has 5 nitrogen and oxygen atoms in total. The van der Waals surface area contributed by atoms with Crippen molar-refractivity contribution in [2.24, 2.45) is 0 Å². The zero-order valence-electron chi connectivity index (χ0n) is 39.9. The molecule has 0 unspecified atom stereocenters. The maximum atomic E-state index is 6.30. The van der Waals surface area contributed by atoms with Gasteiger partial charge >= 0.3 is 0 Å². The van der Waals surface area contributed by atoms with Gasteiger partial charge in [0.15, 0.2) is 17.5 Å². The van der Waals surface area contributed by atoms with Gasteiger partial charge in [0.05, 0.1) is 16.7 Å². The summed E-state index contributed by atoms with van der Waals surface area (Å²) in [4.78, 5) is 16.3. The summed E-state index contributed by atoms with van der Waals surface area (Å²) >= 11 is 0. The van der Waals surface area contributed by atoms with Crippen LogP contribution in [0, 0.1) is 0 Å². The van der Waals surface area contributed by atoms with Crippen LogP contribution in [0.3, 0.4) is 0 Å². The zero-order valence-corrected chi connectivity index (χ0v) is 39.9. The summed E-state index contributed by atoms with van der Waals surface area (Å²) < 4.78 is 8.80. The SMILES string of the molecule is c1ccc(-c2ccc(-c3c(-n4c5cc6ccccc6cc5c5c6ccccc6ccc54)ccc(-c4nc(-c5ccc6ccccc6c5)nc(-c5ccc6oc7ccccc7c6c5)n4)c3-c3ccccc3)cc2)cc1. The molecule has 0 atom stereocenters. The molecule has 0 fully saturated rings. The molecule has 0 N–H and O–H groups in total. The van der Waals surface area contributed by atoms with Crippen LogP contribution in [0.4, 0.5) is 0 Å². The van der Waals surface area contributed by atoms with Crippen molar-refractivity contribution in [3.8, 4) is 73.2 Å². The lowest BCUT2D eigenvalue weighted by atomic mass is 9.87. The highest BCUT2D eigenvalue weighted by Gasteiger charge is 2.26. The third-order valence-electron chi connectivity index (χ3n) is 14.8. The fraction of sp³-hybridized carbons (Fsp3) is 0. The van der Waals surface area contributed by atoms with Gasteiger partial charge in [-0.1, -0.05) is 194 Å². The molecule has 344 valence electrons. The summed E-state index contributed by atoms with van der Waals surface area (Å²) in [5.41, 5.74) is 14.1. The van der Waals surface area contributed by atoms with Crippen LogP contribution in [0.1, 0.15) is 0 Å². The number of para-hydroxylation sites is 1. The van der Waals surface area contributed by atoms with Gasteiger partial charge in [-0.2, -0.15) is 0 Å². The number of hydrogen-bond acceptors (Lipinski definition) is 4. The summed E-state index contributed by atoms with van der Waals surface area (Å²) in [6.07, 6.45) is 0. The summed E-state index contributed by atoms with van der Waals surface area (Å²) in [7, 11) is 0. The van der Waals surface area contributed by atoms with Crippen LogP contribution in [0.25, 0.3) is 149 Å². The van der Waals surface area contributed by atoms with E-state index >= 15 is 0 Å². The largest absolute Gasteiger partial charge is 0.456 e. The molecular weight excluding hydrogens is 901 g/mol. The molecule has 0 aliphatic rings. The fourth-order valence-corrected chi connectivity index (χ4v) is 11.3. The first-order valence-corrected chi connectivity index (χ1v) is 25.1. The van der Waals surface area contributed by atoms with Crippen molar-refractivity contribution in [1.29, 1.82) is 0 Å². The monoisotopic (exact) mass is 942 g/mol. The lowest BCUT2D eigenvalue weighted by molar-refractivity contribution is 0.669. The van der Waals surface area contributed by atoms with Crippen LogP contribution in [0.5, 0.6) is 0 Å². The molecule has 3 aromatic heterocycles. The molecule has 0 radical (unpaired) electrons. The van der Waals surface area contributed by atoms with E-state index < -0.39 is 0 Å². The highest BCUT2D eigenvalue weighted by Crippen LogP contribution is 2.47. The first-order valence-electron chi connectivity index (χ1n) is 25.1. The molecule has 0 spiro atoms. The van der Waals surface area contributed by atoms with Crippen molar-refractivity contribution < 1.29 is 4.42 Å². The number of fused-ring (bicyclic) bond motifs is 10. The summed E-state index contributed by atoms with van der Waals surface area (Å²) in [6.45, 7) is 0. The second-order valence-corrected chi connectivity index (χ2v) is 19.1. The average molecular weight is 943 g/mol. The molecule has 15 aromatic rings. The van der Waals surface area contributed by atoms with Crippen molar-refractivity contribution in [2.75, 3.05) is 0 Å². The van der Waals surface area contributed by atoms with Crippen molar-refractivity contribution in [3.63, 3.8) is 0 Å². The lowest BCUT2D eigenvalue weighted by Crippen LogP contribution is -2.04. The van der Waals surface area contributed by atoms with Crippen LogP contribution in [-0.4, -0.2) is 19.5 Å². The minimum Gasteiger partial charge on any atom is -0.456 e. The van der Waals surface area contributed by atoms with Gasteiger partial charge in [0.1, 0.15) is 11.2 Å². The third kappa shape index (κ3) is 6.82. The van der Waals surface area contributed by atoms with Gasteiger partial charge in [0.25, 0.3) is 0 Å². The molecule has 0 aliphatic heterocycles. The first-order chi connectivity index (χ1) is 36.7. The number of aromatic nitrogens is 4. The van der Waals surface area contributed by atoms with Crippen LogP contribution in [0.2, 0.25) is 0 Å². The Morgan fingerprint density at radius 3 is 1.58 bits per heavy atom. The average Bonchev–Trinajstić information content (AvgIpc) is 4.01. The van der Waals surface area contributed by atoms with E-state index in [1.807, 2.05) is 24.3 Å². The zero-order chi connectivity index (χ0) is 48.7.